The first-order chi connectivity index (χ1) is 13.8. The van der Waals surface area contributed by atoms with Crippen molar-refractivity contribution in [2.24, 2.45) is 0 Å². The third kappa shape index (κ3) is 4.70. The summed E-state index contributed by atoms with van der Waals surface area (Å²) in [6, 6.07) is 6.27. The minimum atomic E-state index is -2.92. The summed E-state index contributed by atoms with van der Waals surface area (Å²) in [5.41, 5.74) is 2.11. The molecule has 0 aliphatic carbocycles. The van der Waals surface area contributed by atoms with Crippen molar-refractivity contribution in [3.05, 3.63) is 46.9 Å². The van der Waals surface area contributed by atoms with Crippen molar-refractivity contribution in [2.75, 3.05) is 6.61 Å². The molecule has 0 fully saturated rings. The molecule has 5 nitrogen and oxygen atoms in total. The van der Waals surface area contributed by atoms with Crippen LogP contribution >= 0.6 is 0 Å². The van der Waals surface area contributed by atoms with Gasteiger partial charge >= 0.3 is 12.6 Å². The van der Waals surface area contributed by atoms with Crippen LogP contribution in [0.3, 0.4) is 0 Å². The summed E-state index contributed by atoms with van der Waals surface area (Å²) in [4.78, 5) is 16.5. The zero-order valence-electron chi connectivity index (χ0n) is 16.4. The number of nitrogens with zero attached hydrogens (tertiary/aromatic N) is 1. The number of ether oxygens (including phenoxy) is 3. The SMILES string of the molecule is CCOC(=O)c1cc(-c2ccc(C)cc2F)c2c(n1)O[C@H]([C@H](C)OC(F)F)CC2. The molecule has 2 heterocycles. The minimum Gasteiger partial charge on any atom is -0.471 e. The molecule has 156 valence electrons. The fourth-order valence-corrected chi connectivity index (χ4v) is 3.35. The van der Waals surface area contributed by atoms with Gasteiger partial charge < -0.3 is 14.2 Å². The van der Waals surface area contributed by atoms with Gasteiger partial charge in [-0.2, -0.15) is 8.78 Å². The number of hydrogen-bond donors (Lipinski definition) is 0. The Balaban J connectivity index is 2.05. The highest BCUT2D eigenvalue weighted by molar-refractivity contribution is 5.90. The van der Waals surface area contributed by atoms with Gasteiger partial charge in [0.05, 0.1) is 12.7 Å². The Morgan fingerprint density at radius 1 is 1.31 bits per heavy atom. The lowest BCUT2D eigenvalue weighted by atomic mass is 9.92. The van der Waals surface area contributed by atoms with Crippen LogP contribution in [0.15, 0.2) is 24.3 Å². The second-order valence-electron chi connectivity index (χ2n) is 6.84. The number of rotatable bonds is 6. The van der Waals surface area contributed by atoms with Gasteiger partial charge in [0.25, 0.3) is 0 Å². The van der Waals surface area contributed by atoms with E-state index in [-0.39, 0.29) is 18.2 Å². The van der Waals surface area contributed by atoms with E-state index in [9.17, 15) is 18.0 Å². The Labute approximate surface area is 166 Å². The summed E-state index contributed by atoms with van der Waals surface area (Å²) in [6.07, 6.45) is -0.745. The quantitative estimate of drug-likeness (QED) is 0.648. The van der Waals surface area contributed by atoms with Crippen molar-refractivity contribution in [3.63, 3.8) is 0 Å². The highest BCUT2D eigenvalue weighted by Gasteiger charge is 2.31. The molecule has 1 aromatic carbocycles. The summed E-state index contributed by atoms with van der Waals surface area (Å²) in [7, 11) is 0. The first-order valence-corrected chi connectivity index (χ1v) is 9.38. The number of carbonyl (C=O) groups is 1. The Morgan fingerprint density at radius 3 is 2.72 bits per heavy atom. The number of benzene rings is 1. The third-order valence-electron chi connectivity index (χ3n) is 4.77. The molecule has 0 saturated heterocycles. The Morgan fingerprint density at radius 2 is 2.07 bits per heavy atom. The van der Waals surface area contributed by atoms with Crippen LogP contribution < -0.4 is 4.74 Å². The van der Waals surface area contributed by atoms with Crippen LogP contribution in [-0.4, -0.2) is 36.4 Å². The van der Waals surface area contributed by atoms with E-state index < -0.39 is 30.6 Å². The zero-order valence-corrected chi connectivity index (χ0v) is 16.4. The van der Waals surface area contributed by atoms with Gasteiger partial charge in [-0.15, -0.1) is 0 Å². The fraction of sp³-hybridized carbons (Fsp3) is 0.429. The highest BCUT2D eigenvalue weighted by Crippen LogP contribution is 2.37. The second kappa shape index (κ2) is 8.82. The van der Waals surface area contributed by atoms with Crippen LogP contribution in [0, 0.1) is 12.7 Å². The molecule has 2 atom stereocenters. The lowest BCUT2D eigenvalue weighted by molar-refractivity contribution is -0.180. The van der Waals surface area contributed by atoms with E-state index in [1.54, 1.807) is 26.0 Å². The van der Waals surface area contributed by atoms with E-state index in [0.717, 1.165) is 5.56 Å². The van der Waals surface area contributed by atoms with Gasteiger partial charge in [-0.3, -0.25) is 0 Å². The normalized spacial score (nSPS) is 16.9. The molecule has 0 bridgehead atoms. The van der Waals surface area contributed by atoms with Gasteiger partial charge in [0.1, 0.15) is 11.9 Å². The van der Waals surface area contributed by atoms with Crippen molar-refractivity contribution < 1.29 is 32.2 Å². The molecule has 0 unspecified atom stereocenters. The first-order valence-electron chi connectivity index (χ1n) is 9.38. The Hall–Kier alpha value is -2.61. The number of fused-ring (bicyclic) bond motifs is 1. The number of aromatic nitrogens is 1. The molecular weight excluding hydrogens is 387 g/mol. The summed E-state index contributed by atoms with van der Waals surface area (Å²) < 4.78 is 55.1. The molecule has 1 aliphatic heterocycles. The predicted octanol–water partition coefficient (Wildman–Crippen LogP) is 4.69. The van der Waals surface area contributed by atoms with Crippen LogP contribution in [0.25, 0.3) is 11.1 Å². The molecular formula is C21H22F3NO4. The van der Waals surface area contributed by atoms with E-state index in [1.165, 1.54) is 19.1 Å². The van der Waals surface area contributed by atoms with Crippen molar-refractivity contribution in [1.29, 1.82) is 0 Å². The molecule has 0 N–H and O–H groups in total. The fourth-order valence-electron chi connectivity index (χ4n) is 3.35. The van der Waals surface area contributed by atoms with Crippen molar-refractivity contribution in [3.8, 4) is 17.0 Å². The summed E-state index contributed by atoms with van der Waals surface area (Å²) in [5, 5.41) is 0. The maximum absolute atomic E-state index is 14.7. The van der Waals surface area contributed by atoms with E-state index >= 15 is 0 Å². The van der Waals surface area contributed by atoms with Gasteiger partial charge in [0.2, 0.25) is 5.88 Å². The Kier molecular flexibility index (Phi) is 6.42. The maximum Gasteiger partial charge on any atom is 0.357 e. The van der Waals surface area contributed by atoms with Gasteiger partial charge in [0, 0.05) is 11.1 Å². The first kappa shape index (κ1) is 21.1. The van der Waals surface area contributed by atoms with Crippen molar-refractivity contribution in [1.82, 2.24) is 4.98 Å². The predicted molar refractivity (Wildman–Crippen MR) is 99.6 cm³/mol. The molecule has 0 spiro atoms. The minimum absolute atomic E-state index is 0.0383. The van der Waals surface area contributed by atoms with Gasteiger partial charge in [0.15, 0.2) is 5.69 Å². The van der Waals surface area contributed by atoms with E-state index in [2.05, 4.69) is 9.72 Å². The number of halogens is 3. The Bertz CT molecular complexity index is 904. The summed E-state index contributed by atoms with van der Waals surface area (Å²) >= 11 is 0. The summed E-state index contributed by atoms with van der Waals surface area (Å²) in [6.45, 7) is 2.14. The highest BCUT2D eigenvalue weighted by atomic mass is 19.3. The van der Waals surface area contributed by atoms with Crippen LogP contribution in [0.2, 0.25) is 0 Å². The van der Waals surface area contributed by atoms with Crippen LogP contribution in [0.5, 0.6) is 5.88 Å². The monoisotopic (exact) mass is 409 g/mol. The van der Waals surface area contributed by atoms with Gasteiger partial charge in [-0.25, -0.2) is 14.2 Å². The van der Waals surface area contributed by atoms with E-state index in [0.29, 0.717) is 29.5 Å². The molecule has 29 heavy (non-hydrogen) atoms. The number of pyridine rings is 1. The molecule has 8 heteroatoms. The number of esters is 1. The smallest absolute Gasteiger partial charge is 0.357 e. The van der Waals surface area contributed by atoms with Crippen LogP contribution in [0.1, 0.15) is 41.9 Å². The largest absolute Gasteiger partial charge is 0.471 e. The molecule has 1 aromatic heterocycles. The van der Waals surface area contributed by atoms with Crippen LogP contribution in [-0.2, 0) is 15.9 Å². The number of hydrogen-bond acceptors (Lipinski definition) is 5. The molecule has 2 aromatic rings. The number of aryl methyl sites for hydroxylation is 1. The number of carbonyl (C=O) groups excluding carboxylic acids is 1. The molecule has 1 aliphatic rings. The third-order valence-corrected chi connectivity index (χ3v) is 4.77. The standard InChI is InChI=1S/C21H22F3NO4/c1-4-27-20(26)17-10-15(13-6-5-11(2)9-16(13)22)14-7-8-18(29-19(14)25-17)12(3)28-21(23)24/h5-6,9-10,12,18,21H,4,7-8H2,1-3H3/t12-,18-/m0/s1. The van der Waals surface area contributed by atoms with Crippen LogP contribution in [0.4, 0.5) is 13.2 Å². The average Bonchev–Trinajstić information content (AvgIpc) is 2.66. The molecule has 0 amide bonds. The average molecular weight is 409 g/mol. The summed E-state index contributed by atoms with van der Waals surface area (Å²) in [5.74, 6) is -1.01. The van der Waals surface area contributed by atoms with Crippen molar-refractivity contribution in [2.45, 2.75) is 52.4 Å². The molecule has 0 saturated carbocycles. The number of alkyl halides is 2. The van der Waals surface area contributed by atoms with E-state index in [1.807, 2.05) is 0 Å². The lowest BCUT2D eigenvalue weighted by Gasteiger charge is -2.30. The molecule has 3 rings (SSSR count). The zero-order chi connectivity index (χ0) is 21.1. The maximum atomic E-state index is 14.7. The van der Waals surface area contributed by atoms with Gasteiger partial charge in [-0.05, 0) is 56.9 Å². The second-order valence-corrected chi connectivity index (χ2v) is 6.84. The van der Waals surface area contributed by atoms with Gasteiger partial charge in [-0.1, -0.05) is 12.1 Å². The van der Waals surface area contributed by atoms with Crippen molar-refractivity contribution >= 4 is 5.97 Å². The lowest BCUT2D eigenvalue weighted by Crippen LogP contribution is -2.36. The van der Waals surface area contributed by atoms with E-state index in [4.69, 9.17) is 9.47 Å². The topological polar surface area (TPSA) is 57.7 Å². The molecule has 0 radical (unpaired) electrons.